The monoisotopic (exact) mass is 278 g/mol. The number of rotatable bonds is 8. The number of benzene rings is 1. The normalized spacial score (nSPS) is 12.2. The second-order valence-corrected chi connectivity index (χ2v) is 5.28. The highest BCUT2D eigenvalue weighted by atomic mass is 35.5. The Kier molecular flexibility index (Phi) is 6.68. The van der Waals surface area contributed by atoms with E-state index >= 15 is 0 Å². The third-order valence-electron chi connectivity index (χ3n) is 2.96. The molecule has 3 heteroatoms. The minimum absolute atomic E-state index is 0.0175. The van der Waals surface area contributed by atoms with Gasteiger partial charge in [-0.15, -0.1) is 24.8 Å². The number of hydrogen-bond acceptors (Lipinski definition) is 2. The fourth-order valence-corrected chi connectivity index (χ4v) is 2.24. The molecule has 1 unspecified atom stereocenters. The molecule has 19 heavy (non-hydrogen) atoms. The minimum Gasteiger partial charge on any atom is -0.378 e. The summed E-state index contributed by atoms with van der Waals surface area (Å²) in [6, 6.07) is 8.37. The molecule has 0 bridgehead atoms. The van der Waals surface area contributed by atoms with E-state index in [9.17, 15) is 0 Å². The lowest BCUT2D eigenvalue weighted by Crippen LogP contribution is -2.27. The van der Waals surface area contributed by atoms with Crippen LogP contribution in [0, 0.1) is 0 Å². The molecular formula is C16H23ClN2. The van der Waals surface area contributed by atoms with E-state index in [0.717, 1.165) is 25.2 Å². The largest absolute Gasteiger partial charge is 0.378 e. The van der Waals surface area contributed by atoms with Crippen molar-refractivity contribution in [2.45, 2.75) is 5.38 Å². The molecule has 0 N–H and O–H groups in total. The molecule has 2 nitrogen and oxygen atoms in total. The van der Waals surface area contributed by atoms with E-state index in [4.69, 9.17) is 11.6 Å². The molecule has 0 saturated carbocycles. The average molecular weight is 279 g/mol. The summed E-state index contributed by atoms with van der Waals surface area (Å²) in [6.45, 7) is 9.98. The Morgan fingerprint density at radius 3 is 2.05 bits per heavy atom. The second kappa shape index (κ2) is 8.03. The molecular weight excluding hydrogens is 256 g/mol. The lowest BCUT2D eigenvalue weighted by atomic mass is 10.1. The average Bonchev–Trinajstić information content (AvgIpc) is 2.39. The quantitative estimate of drug-likeness (QED) is 0.528. The molecule has 1 aromatic rings. The van der Waals surface area contributed by atoms with Crippen LogP contribution in [0.4, 0.5) is 5.69 Å². The van der Waals surface area contributed by atoms with E-state index < -0.39 is 0 Å². The van der Waals surface area contributed by atoms with Crippen LogP contribution in [-0.4, -0.2) is 38.6 Å². The summed E-state index contributed by atoms with van der Waals surface area (Å²) in [5, 5.41) is -0.0175. The smallest absolute Gasteiger partial charge is 0.0712 e. The fraction of sp³-hybridized carbons (Fsp3) is 0.375. The van der Waals surface area contributed by atoms with Crippen LogP contribution in [0.2, 0.25) is 0 Å². The first-order valence-corrected chi connectivity index (χ1v) is 6.87. The zero-order chi connectivity index (χ0) is 14.3. The highest BCUT2D eigenvalue weighted by molar-refractivity contribution is 6.21. The zero-order valence-corrected chi connectivity index (χ0v) is 12.6. The van der Waals surface area contributed by atoms with Crippen LogP contribution in [0.5, 0.6) is 0 Å². The van der Waals surface area contributed by atoms with Crippen LogP contribution < -0.4 is 4.90 Å². The van der Waals surface area contributed by atoms with Crippen molar-refractivity contribution in [3.05, 3.63) is 55.1 Å². The first kappa shape index (κ1) is 15.8. The molecule has 0 radical (unpaired) electrons. The van der Waals surface area contributed by atoms with Crippen LogP contribution in [-0.2, 0) is 0 Å². The summed E-state index contributed by atoms with van der Waals surface area (Å²) in [5.41, 5.74) is 2.33. The third-order valence-corrected chi connectivity index (χ3v) is 3.35. The van der Waals surface area contributed by atoms with Gasteiger partial charge in [0.05, 0.1) is 5.38 Å². The van der Waals surface area contributed by atoms with Gasteiger partial charge in [-0.25, -0.2) is 0 Å². The van der Waals surface area contributed by atoms with Crippen molar-refractivity contribution in [1.29, 1.82) is 0 Å². The summed E-state index contributed by atoms with van der Waals surface area (Å²) in [6.07, 6.45) is 3.78. The maximum Gasteiger partial charge on any atom is 0.0712 e. The Balaban J connectivity index is 2.67. The Hall–Kier alpha value is -1.25. The van der Waals surface area contributed by atoms with Gasteiger partial charge in [-0.05, 0) is 17.7 Å². The molecule has 1 rings (SSSR count). The molecule has 0 aromatic heterocycles. The lowest BCUT2D eigenvalue weighted by molar-refractivity contribution is 0.335. The summed E-state index contributed by atoms with van der Waals surface area (Å²) in [4.78, 5) is 4.30. The predicted molar refractivity (Wildman–Crippen MR) is 86.2 cm³/mol. The summed E-state index contributed by atoms with van der Waals surface area (Å²) in [7, 11) is 4.06. The van der Waals surface area contributed by atoms with Crippen molar-refractivity contribution >= 4 is 17.3 Å². The van der Waals surface area contributed by atoms with Crippen LogP contribution >= 0.6 is 11.6 Å². The molecule has 0 saturated heterocycles. The Bertz CT molecular complexity index is 388. The van der Waals surface area contributed by atoms with Gasteiger partial charge in [-0.1, -0.05) is 24.3 Å². The summed E-state index contributed by atoms with van der Waals surface area (Å²) < 4.78 is 0. The van der Waals surface area contributed by atoms with Gasteiger partial charge in [-0.2, -0.15) is 0 Å². The highest BCUT2D eigenvalue weighted by Gasteiger charge is 2.12. The SMILES string of the molecule is C=CCN(CC=C)CC(Cl)c1ccc(N(C)C)cc1. The Morgan fingerprint density at radius 2 is 1.63 bits per heavy atom. The molecule has 0 heterocycles. The van der Waals surface area contributed by atoms with Crippen molar-refractivity contribution in [2.75, 3.05) is 38.6 Å². The Morgan fingerprint density at radius 1 is 1.11 bits per heavy atom. The van der Waals surface area contributed by atoms with Crippen LogP contribution in [0.3, 0.4) is 0 Å². The molecule has 1 atom stereocenters. The van der Waals surface area contributed by atoms with E-state index in [1.165, 1.54) is 5.69 Å². The number of nitrogens with zero attached hydrogens (tertiary/aromatic N) is 2. The molecule has 1 aromatic carbocycles. The number of anilines is 1. The first-order chi connectivity index (χ1) is 9.08. The van der Waals surface area contributed by atoms with Gasteiger partial charge in [0.15, 0.2) is 0 Å². The fourth-order valence-electron chi connectivity index (χ4n) is 1.90. The third kappa shape index (κ3) is 5.09. The number of alkyl halides is 1. The highest BCUT2D eigenvalue weighted by Crippen LogP contribution is 2.24. The lowest BCUT2D eigenvalue weighted by Gasteiger charge is -2.22. The van der Waals surface area contributed by atoms with Crippen molar-refractivity contribution < 1.29 is 0 Å². The maximum absolute atomic E-state index is 6.48. The molecule has 0 fully saturated rings. The van der Waals surface area contributed by atoms with E-state index in [0.29, 0.717) is 0 Å². The summed E-state index contributed by atoms with van der Waals surface area (Å²) >= 11 is 6.48. The molecule has 0 spiro atoms. The van der Waals surface area contributed by atoms with Crippen molar-refractivity contribution in [2.24, 2.45) is 0 Å². The number of hydrogen-bond donors (Lipinski definition) is 0. The van der Waals surface area contributed by atoms with Gasteiger partial charge in [0.25, 0.3) is 0 Å². The molecule has 104 valence electrons. The van der Waals surface area contributed by atoms with Gasteiger partial charge >= 0.3 is 0 Å². The van der Waals surface area contributed by atoms with Gasteiger partial charge in [-0.3, -0.25) is 4.90 Å². The van der Waals surface area contributed by atoms with Crippen molar-refractivity contribution in [3.8, 4) is 0 Å². The predicted octanol–water partition coefficient (Wildman–Crippen LogP) is 3.71. The molecule has 0 aliphatic carbocycles. The van der Waals surface area contributed by atoms with Gasteiger partial charge in [0.1, 0.15) is 0 Å². The van der Waals surface area contributed by atoms with Crippen LogP contribution in [0.1, 0.15) is 10.9 Å². The molecule has 0 amide bonds. The van der Waals surface area contributed by atoms with E-state index in [-0.39, 0.29) is 5.38 Å². The molecule has 0 aliphatic rings. The Labute approximate surface area is 122 Å². The summed E-state index contributed by atoms with van der Waals surface area (Å²) in [5.74, 6) is 0. The van der Waals surface area contributed by atoms with Gasteiger partial charge in [0.2, 0.25) is 0 Å². The maximum atomic E-state index is 6.48. The molecule has 0 aliphatic heterocycles. The van der Waals surface area contributed by atoms with Crippen LogP contribution in [0.15, 0.2) is 49.6 Å². The van der Waals surface area contributed by atoms with E-state index in [2.05, 4.69) is 47.2 Å². The van der Waals surface area contributed by atoms with Crippen molar-refractivity contribution in [3.63, 3.8) is 0 Å². The topological polar surface area (TPSA) is 6.48 Å². The zero-order valence-electron chi connectivity index (χ0n) is 11.8. The second-order valence-electron chi connectivity index (χ2n) is 4.75. The first-order valence-electron chi connectivity index (χ1n) is 6.44. The van der Waals surface area contributed by atoms with E-state index in [1.807, 2.05) is 26.2 Å². The van der Waals surface area contributed by atoms with Gasteiger partial charge < -0.3 is 4.90 Å². The van der Waals surface area contributed by atoms with Crippen LogP contribution in [0.25, 0.3) is 0 Å². The van der Waals surface area contributed by atoms with Gasteiger partial charge in [0, 0.05) is 39.4 Å². The number of halogens is 1. The van der Waals surface area contributed by atoms with Crippen molar-refractivity contribution in [1.82, 2.24) is 4.90 Å². The minimum atomic E-state index is -0.0175. The van der Waals surface area contributed by atoms with E-state index in [1.54, 1.807) is 0 Å². The standard InChI is InChI=1S/C16H23ClN2/c1-5-11-19(12-6-2)13-16(17)14-7-9-15(10-8-14)18(3)4/h5-10,16H,1-2,11-13H2,3-4H3.